The number of anilines is 1. The maximum atomic E-state index is 13.8. The molecule has 2 atom stereocenters. The topological polar surface area (TPSA) is 70.7 Å². The lowest BCUT2D eigenvalue weighted by Gasteiger charge is -2.31. The zero-order chi connectivity index (χ0) is 26.6. The molecular formula is C32H45N3O3. The first-order valence-corrected chi connectivity index (χ1v) is 14.6. The summed E-state index contributed by atoms with van der Waals surface area (Å²) in [4.78, 5) is 28.8. The van der Waals surface area contributed by atoms with Crippen LogP contribution in [0.25, 0.3) is 0 Å². The maximum Gasteiger partial charge on any atom is 0.223 e. The number of hydrogen-bond donors (Lipinski definition) is 2. The molecule has 0 bridgehead atoms. The van der Waals surface area contributed by atoms with Gasteiger partial charge in [0.2, 0.25) is 11.8 Å². The molecule has 1 aliphatic heterocycles. The molecule has 6 heteroatoms. The monoisotopic (exact) mass is 519 g/mol. The number of nitrogens with zero attached hydrogens (tertiary/aromatic N) is 1. The smallest absolute Gasteiger partial charge is 0.223 e. The minimum absolute atomic E-state index is 0.0287. The number of carbonyl (C=O) groups excluding carboxylic acids is 2. The summed E-state index contributed by atoms with van der Waals surface area (Å²) in [5.41, 5.74) is 3.54. The van der Waals surface area contributed by atoms with Crippen molar-refractivity contribution in [2.75, 3.05) is 38.2 Å². The van der Waals surface area contributed by atoms with Crippen LogP contribution in [-0.4, -0.2) is 55.6 Å². The van der Waals surface area contributed by atoms with Gasteiger partial charge in [-0.3, -0.25) is 9.59 Å². The molecule has 6 nitrogen and oxygen atoms in total. The van der Waals surface area contributed by atoms with Crippen LogP contribution in [-0.2, 0) is 20.7 Å². The van der Waals surface area contributed by atoms with Crippen LogP contribution in [0.15, 0.2) is 54.6 Å². The number of morpholine rings is 1. The van der Waals surface area contributed by atoms with Crippen molar-refractivity contribution in [3.63, 3.8) is 0 Å². The Morgan fingerprint density at radius 2 is 1.68 bits per heavy atom. The van der Waals surface area contributed by atoms with Gasteiger partial charge in [-0.15, -0.1) is 0 Å². The Labute approximate surface area is 228 Å². The van der Waals surface area contributed by atoms with Crippen LogP contribution in [0.2, 0.25) is 0 Å². The minimum Gasteiger partial charge on any atom is -0.383 e. The quantitative estimate of drug-likeness (QED) is 0.396. The lowest BCUT2D eigenvalue weighted by atomic mass is 9.81. The third-order valence-corrected chi connectivity index (χ3v) is 8.07. The standard InChI is InChI=1S/C32H45N3O3/c1-25-12-15-29(16-13-25)33-24-30(17-14-26-8-4-2-5-9-26)34-32(37)28(22-27-10-6-3-7-11-27)23-31(36)35-18-20-38-21-19-35/h2,4-5,8-9,12-13,15-16,27-28,30,33H,3,6-7,10-11,14,17-24H2,1H3,(H,34,37)/t28-,30+/m1/s1. The van der Waals surface area contributed by atoms with Crippen molar-refractivity contribution in [3.8, 4) is 0 Å². The molecular weight excluding hydrogens is 474 g/mol. The number of amides is 2. The fourth-order valence-corrected chi connectivity index (χ4v) is 5.70. The van der Waals surface area contributed by atoms with Gasteiger partial charge in [0.05, 0.1) is 13.2 Å². The first kappa shape index (κ1) is 28.2. The molecule has 38 heavy (non-hydrogen) atoms. The first-order valence-electron chi connectivity index (χ1n) is 14.6. The molecule has 1 heterocycles. The lowest BCUT2D eigenvalue weighted by molar-refractivity contribution is -0.140. The minimum atomic E-state index is -0.285. The van der Waals surface area contributed by atoms with E-state index in [1.165, 1.54) is 43.2 Å². The molecule has 0 aromatic heterocycles. The summed E-state index contributed by atoms with van der Waals surface area (Å²) >= 11 is 0. The van der Waals surface area contributed by atoms with E-state index in [4.69, 9.17) is 4.74 Å². The van der Waals surface area contributed by atoms with Gasteiger partial charge in [-0.2, -0.15) is 0 Å². The highest BCUT2D eigenvalue weighted by Crippen LogP contribution is 2.31. The molecule has 206 valence electrons. The van der Waals surface area contributed by atoms with Gasteiger partial charge in [0.15, 0.2) is 0 Å². The average Bonchev–Trinajstić information content (AvgIpc) is 2.96. The first-order chi connectivity index (χ1) is 18.6. The Balaban J connectivity index is 1.42. The highest BCUT2D eigenvalue weighted by Gasteiger charge is 2.30. The van der Waals surface area contributed by atoms with Gasteiger partial charge in [-0.25, -0.2) is 0 Å². The van der Waals surface area contributed by atoms with Crippen LogP contribution >= 0.6 is 0 Å². The number of aryl methyl sites for hydroxylation is 2. The van der Waals surface area contributed by atoms with E-state index in [2.05, 4.69) is 66.1 Å². The summed E-state index contributed by atoms with van der Waals surface area (Å²) in [6, 6.07) is 18.7. The molecule has 2 aromatic rings. The third-order valence-electron chi connectivity index (χ3n) is 8.07. The number of benzene rings is 2. The Morgan fingerprint density at radius 3 is 2.39 bits per heavy atom. The summed E-state index contributed by atoms with van der Waals surface area (Å²) in [5, 5.41) is 6.89. The maximum absolute atomic E-state index is 13.8. The zero-order valence-corrected chi connectivity index (χ0v) is 23.0. The summed E-state index contributed by atoms with van der Waals surface area (Å²) in [6.07, 6.45) is 8.91. The van der Waals surface area contributed by atoms with Crippen molar-refractivity contribution in [2.45, 2.75) is 70.8 Å². The Morgan fingerprint density at radius 1 is 0.974 bits per heavy atom. The molecule has 2 aliphatic rings. The zero-order valence-electron chi connectivity index (χ0n) is 23.0. The number of ether oxygens (including phenoxy) is 1. The molecule has 4 rings (SSSR count). The summed E-state index contributed by atoms with van der Waals surface area (Å²) in [5.74, 6) is 0.362. The van der Waals surface area contributed by atoms with Gasteiger partial charge < -0.3 is 20.3 Å². The van der Waals surface area contributed by atoms with Crippen LogP contribution in [0.5, 0.6) is 0 Å². The van der Waals surface area contributed by atoms with Crippen molar-refractivity contribution >= 4 is 17.5 Å². The van der Waals surface area contributed by atoms with Crippen molar-refractivity contribution in [2.24, 2.45) is 11.8 Å². The lowest BCUT2D eigenvalue weighted by Crippen LogP contribution is -2.46. The van der Waals surface area contributed by atoms with Gasteiger partial charge in [0, 0.05) is 43.7 Å². The van der Waals surface area contributed by atoms with Crippen LogP contribution in [0.1, 0.15) is 62.5 Å². The molecule has 2 fully saturated rings. The van der Waals surface area contributed by atoms with E-state index in [0.29, 0.717) is 45.2 Å². The second kappa shape index (κ2) is 14.9. The molecule has 0 spiro atoms. The van der Waals surface area contributed by atoms with E-state index in [1.807, 2.05) is 11.0 Å². The summed E-state index contributed by atoms with van der Waals surface area (Å²) < 4.78 is 5.43. The van der Waals surface area contributed by atoms with Gasteiger partial charge >= 0.3 is 0 Å². The summed E-state index contributed by atoms with van der Waals surface area (Å²) in [6.45, 7) is 5.13. The van der Waals surface area contributed by atoms with Crippen molar-refractivity contribution in [1.29, 1.82) is 0 Å². The molecule has 1 aliphatic carbocycles. The third kappa shape index (κ3) is 9.16. The fourth-order valence-electron chi connectivity index (χ4n) is 5.70. The molecule has 1 saturated heterocycles. The predicted molar refractivity (Wildman–Crippen MR) is 153 cm³/mol. The number of hydrogen-bond acceptors (Lipinski definition) is 4. The Bertz CT molecular complexity index is 983. The van der Waals surface area contributed by atoms with Gasteiger partial charge in [-0.1, -0.05) is 80.1 Å². The Kier molecular flexibility index (Phi) is 11.1. The van der Waals surface area contributed by atoms with E-state index in [9.17, 15) is 9.59 Å². The molecule has 2 N–H and O–H groups in total. The van der Waals surface area contributed by atoms with Gasteiger partial charge in [0.25, 0.3) is 0 Å². The van der Waals surface area contributed by atoms with E-state index in [1.54, 1.807) is 0 Å². The molecule has 2 amide bonds. The van der Waals surface area contributed by atoms with E-state index in [-0.39, 0.29) is 23.8 Å². The van der Waals surface area contributed by atoms with Crippen molar-refractivity contribution in [3.05, 3.63) is 65.7 Å². The van der Waals surface area contributed by atoms with Gasteiger partial charge in [0.1, 0.15) is 0 Å². The fraction of sp³-hybridized carbons (Fsp3) is 0.562. The van der Waals surface area contributed by atoms with E-state index >= 15 is 0 Å². The SMILES string of the molecule is Cc1ccc(NC[C@H](CCc2ccccc2)NC(=O)[C@@H](CC(=O)N2CCOCC2)CC2CCCCC2)cc1. The normalized spacial score (nSPS) is 18.0. The molecule has 2 aromatic carbocycles. The molecule has 0 radical (unpaired) electrons. The van der Waals surface area contributed by atoms with E-state index in [0.717, 1.165) is 24.9 Å². The second-order valence-corrected chi connectivity index (χ2v) is 11.1. The van der Waals surface area contributed by atoms with Crippen LogP contribution < -0.4 is 10.6 Å². The predicted octanol–water partition coefficient (Wildman–Crippen LogP) is 5.36. The van der Waals surface area contributed by atoms with Crippen molar-refractivity contribution < 1.29 is 14.3 Å². The van der Waals surface area contributed by atoms with Gasteiger partial charge in [-0.05, 0) is 49.8 Å². The van der Waals surface area contributed by atoms with Crippen molar-refractivity contribution in [1.82, 2.24) is 10.2 Å². The second-order valence-electron chi connectivity index (χ2n) is 11.1. The van der Waals surface area contributed by atoms with Crippen LogP contribution in [0, 0.1) is 18.8 Å². The molecule has 0 unspecified atom stereocenters. The highest BCUT2D eigenvalue weighted by atomic mass is 16.5. The Hall–Kier alpha value is -2.86. The van der Waals surface area contributed by atoms with Crippen LogP contribution in [0.4, 0.5) is 5.69 Å². The van der Waals surface area contributed by atoms with Crippen LogP contribution in [0.3, 0.4) is 0 Å². The largest absolute Gasteiger partial charge is 0.383 e. The molecule has 1 saturated carbocycles. The highest BCUT2D eigenvalue weighted by molar-refractivity contribution is 5.86. The van der Waals surface area contributed by atoms with E-state index < -0.39 is 0 Å². The number of carbonyl (C=O) groups is 2. The number of nitrogens with one attached hydrogen (secondary N) is 2. The summed E-state index contributed by atoms with van der Waals surface area (Å²) in [7, 11) is 0. The average molecular weight is 520 g/mol. The number of rotatable bonds is 12.